The Kier molecular flexibility index (Phi) is 12.3. The number of carbonyl (C=O) groups is 4. The average molecular weight is 615 g/mol. The maximum absolute atomic E-state index is 13.8. The van der Waals surface area contributed by atoms with E-state index >= 15 is 0 Å². The number of aliphatic hydroxyl groups is 1. The molecule has 4 N–H and O–H groups in total. The number of nitrogens with one attached hydrogen (secondary N) is 2. The number of likely N-dealkylation sites (tertiary alicyclic amines) is 1. The Morgan fingerprint density at radius 2 is 1.65 bits per heavy atom. The minimum absolute atomic E-state index is 0.0208. The van der Waals surface area contributed by atoms with Crippen LogP contribution in [0.1, 0.15) is 96.4 Å². The lowest BCUT2D eigenvalue weighted by Gasteiger charge is -2.35. The quantitative estimate of drug-likeness (QED) is 0.227. The Bertz CT molecular complexity index is 1260. The number of thiazole rings is 1. The molecule has 0 radical (unpaired) electrons. The highest BCUT2D eigenvalue weighted by Gasteiger charge is 2.44. The van der Waals surface area contributed by atoms with Gasteiger partial charge in [-0.2, -0.15) is 0 Å². The number of amides is 3. The average Bonchev–Trinajstić information content (AvgIpc) is 3.55. The van der Waals surface area contributed by atoms with Crippen molar-refractivity contribution < 1.29 is 29.4 Å². The number of carbonyl (C=O) groups excluding carboxylic acids is 3. The summed E-state index contributed by atoms with van der Waals surface area (Å²) in [6.07, 6.45) is 3.40. The molecule has 10 nitrogen and oxygen atoms in total. The number of β-amino-alcohol motifs (C(OH)–C–C–N with tert-alkyl or cyclic N) is 1. The molecule has 3 amide bonds. The number of benzene rings is 1. The SMILES string of the molecule is Cc1ncsc1-c1ccc(C(C)NC(=O)[C@@H]2C[C@@H](O)CN2C(=O)C(NC(=O)CCCCCCCC(=O)O)C(C)(C)C)cc1. The van der Waals surface area contributed by atoms with Crippen molar-refractivity contribution in [2.24, 2.45) is 5.41 Å². The first-order valence-electron chi connectivity index (χ1n) is 15.1. The Morgan fingerprint density at radius 3 is 2.23 bits per heavy atom. The fourth-order valence-corrected chi connectivity index (χ4v) is 6.15. The van der Waals surface area contributed by atoms with E-state index in [1.807, 2.05) is 64.4 Å². The highest BCUT2D eigenvalue weighted by molar-refractivity contribution is 7.13. The van der Waals surface area contributed by atoms with Gasteiger partial charge in [0.2, 0.25) is 17.7 Å². The number of nitrogens with zero attached hydrogens (tertiary/aromatic N) is 2. The van der Waals surface area contributed by atoms with E-state index in [2.05, 4.69) is 15.6 Å². The fraction of sp³-hybridized carbons (Fsp3) is 0.594. The van der Waals surface area contributed by atoms with Crippen molar-refractivity contribution in [1.29, 1.82) is 0 Å². The number of rotatable bonds is 14. The second-order valence-corrected chi connectivity index (χ2v) is 13.4. The van der Waals surface area contributed by atoms with Gasteiger partial charge in [0.05, 0.1) is 28.2 Å². The molecular weight excluding hydrogens is 568 g/mol. The molecule has 11 heteroatoms. The van der Waals surface area contributed by atoms with Gasteiger partial charge in [-0.3, -0.25) is 19.2 Å². The van der Waals surface area contributed by atoms with Gasteiger partial charge < -0.3 is 25.7 Å². The molecule has 1 aliphatic heterocycles. The summed E-state index contributed by atoms with van der Waals surface area (Å²) >= 11 is 1.58. The molecule has 0 bridgehead atoms. The number of aliphatic hydroxyl groups excluding tert-OH is 1. The smallest absolute Gasteiger partial charge is 0.303 e. The Morgan fingerprint density at radius 1 is 1.02 bits per heavy atom. The third-order valence-electron chi connectivity index (χ3n) is 7.85. The molecule has 1 aliphatic rings. The Labute approximate surface area is 258 Å². The van der Waals surface area contributed by atoms with Gasteiger partial charge in [0.15, 0.2) is 0 Å². The lowest BCUT2D eigenvalue weighted by Crippen LogP contribution is -2.57. The summed E-state index contributed by atoms with van der Waals surface area (Å²) in [5, 5.41) is 25.1. The number of hydrogen-bond donors (Lipinski definition) is 4. The zero-order valence-corrected chi connectivity index (χ0v) is 26.7. The van der Waals surface area contributed by atoms with Crippen LogP contribution in [0.25, 0.3) is 10.4 Å². The van der Waals surface area contributed by atoms with E-state index < -0.39 is 29.6 Å². The second kappa shape index (κ2) is 15.4. The van der Waals surface area contributed by atoms with Gasteiger partial charge in [0.1, 0.15) is 12.1 Å². The van der Waals surface area contributed by atoms with Crippen LogP contribution in [0.5, 0.6) is 0 Å². The third kappa shape index (κ3) is 9.86. The van der Waals surface area contributed by atoms with Crippen molar-refractivity contribution >= 4 is 35.0 Å². The second-order valence-electron chi connectivity index (χ2n) is 12.5. The lowest BCUT2D eigenvalue weighted by atomic mass is 9.85. The predicted molar refractivity (Wildman–Crippen MR) is 166 cm³/mol. The molecular formula is C32H46N4O6S. The number of aliphatic carboxylic acids is 1. The lowest BCUT2D eigenvalue weighted by molar-refractivity contribution is -0.144. The van der Waals surface area contributed by atoms with E-state index in [-0.39, 0.29) is 49.6 Å². The number of carboxylic acids is 1. The molecule has 0 spiro atoms. The zero-order valence-electron chi connectivity index (χ0n) is 25.9. The van der Waals surface area contributed by atoms with Gasteiger partial charge in [0.25, 0.3) is 0 Å². The molecule has 43 heavy (non-hydrogen) atoms. The minimum atomic E-state index is -0.865. The van der Waals surface area contributed by atoms with Crippen LogP contribution in [0.3, 0.4) is 0 Å². The molecule has 2 heterocycles. The van der Waals surface area contributed by atoms with Crippen molar-refractivity contribution in [3.63, 3.8) is 0 Å². The van der Waals surface area contributed by atoms with Gasteiger partial charge in [-0.15, -0.1) is 11.3 Å². The predicted octanol–water partition coefficient (Wildman–Crippen LogP) is 4.60. The van der Waals surface area contributed by atoms with Crippen molar-refractivity contribution in [1.82, 2.24) is 20.5 Å². The first-order chi connectivity index (χ1) is 20.3. The highest BCUT2D eigenvalue weighted by atomic mass is 32.1. The first-order valence-corrected chi connectivity index (χ1v) is 16.0. The monoisotopic (exact) mass is 614 g/mol. The van der Waals surface area contributed by atoms with Gasteiger partial charge in [-0.25, -0.2) is 4.98 Å². The van der Waals surface area contributed by atoms with Gasteiger partial charge >= 0.3 is 5.97 Å². The molecule has 0 saturated carbocycles. The van der Waals surface area contributed by atoms with E-state index in [0.29, 0.717) is 12.8 Å². The molecule has 236 valence electrons. The van der Waals surface area contributed by atoms with Crippen LogP contribution >= 0.6 is 11.3 Å². The zero-order chi connectivity index (χ0) is 31.7. The van der Waals surface area contributed by atoms with Crippen LogP contribution in [-0.4, -0.2) is 68.5 Å². The topological polar surface area (TPSA) is 149 Å². The van der Waals surface area contributed by atoms with Crippen LogP contribution in [0.15, 0.2) is 29.8 Å². The molecule has 1 fully saturated rings. The summed E-state index contributed by atoms with van der Waals surface area (Å²) in [7, 11) is 0. The summed E-state index contributed by atoms with van der Waals surface area (Å²) < 4.78 is 0. The Balaban J connectivity index is 1.59. The van der Waals surface area contributed by atoms with E-state index in [4.69, 9.17) is 5.11 Å². The van der Waals surface area contributed by atoms with E-state index in [1.165, 1.54) is 4.90 Å². The summed E-state index contributed by atoms with van der Waals surface area (Å²) in [6.45, 7) is 9.45. The van der Waals surface area contributed by atoms with Gasteiger partial charge in [-0.05, 0) is 43.2 Å². The van der Waals surface area contributed by atoms with Crippen LogP contribution in [0.4, 0.5) is 0 Å². The van der Waals surface area contributed by atoms with E-state index in [1.54, 1.807) is 11.3 Å². The van der Waals surface area contributed by atoms with E-state index in [0.717, 1.165) is 41.0 Å². The van der Waals surface area contributed by atoms with Crippen molar-refractivity contribution in [3.8, 4) is 10.4 Å². The molecule has 1 saturated heterocycles. The van der Waals surface area contributed by atoms with E-state index in [9.17, 15) is 24.3 Å². The van der Waals surface area contributed by atoms with Crippen molar-refractivity contribution in [2.45, 2.75) is 110 Å². The van der Waals surface area contributed by atoms with Gasteiger partial charge in [0, 0.05) is 25.8 Å². The van der Waals surface area contributed by atoms with Crippen LogP contribution in [0.2, 0.25) is 0 Å². The minimum Gasteiger partial charge on any atom is -0.481 e. The van der Waals surface area contributed by atoms with Crippen LogP contribution in [0, 0.1) is 12.3 Å². The molecule has 2 aromatic rings. The number of carboxylic acid groups (broad SMARTS) is 1. The molecule has 1 aromatic heterocycles. The summed E-state index contributed by atoms with van der Waals surface area (Å²) in [5.41, 5.74) is 4.14. The third-order valence-corrected chi connectivity index (χ3v) is 8.83. The van der Waals surface area contributed by atoms with Gasteiger partial charge in [-0.1, -0.05) is 64.3 Å². The first kappa shape index (κ1) is 34.2. The number of aromatic nitrogens is 1. The van der Waals surface area contributed by atoms with Crippen molar-refractivity contribution in [3.05, 3.63) is 41.0 Å². The molecule has 3 rings (SSSR count). The maximum Gasteiger partial charge on any atom is 0.303 e. The fourth-order valence-electron chi connectivity index (χ4n) is 5.34. The normalized spacial score (nSPS) is 18.2. The molecule has 0 aliphatic carbocycles. The standard InChI is InChI=1S/C32H46N4O6S/c1-20(22-13-15-23(16-14-22)28-21(2)33-19-43-28)34-30(41)25-17-24(37)18-36(25)31(42)29(32(3,4)5)35-26(38)11-9-7-6-8-10-12-27(39)40/h13-16,19-20,24-25,29,37H,6-12,17-18H2,1-5H3,(H,34,41)(H,35,38)(H,39,40)/t20?,24-,25+,29?/m1/s1. The summed E-state index contributed by atoms with van der Waals surface area (Å²) in [4.78, 5) is 57.5. The van der Waals surface area contributed by atoms with Crippen LogP contribution < -0.4 is 10.6 Å². The van der Waals surface area contributed by atoms with Crippen LogP contribution in [-0.2, 0) is 19.2 Å². The Hall–Kier alpha value is -3.31. The maximum atomic E-state index is 13.8. The number of aryl methyl sites for hydroxylation is 1. The highest BCUT2D eigenvalue weighted by Crippen LogP contribution is 2.29. The van der Waals surface area contributed by atoms with Crippen molar-refractivity contribution in [2.75, 3.05) is 6.54 Å². The number of unbranched alkanes of at least 4 members (excludes halogenated alkanes) is 4. The summed E-state index contributed by atoms with van der Waals surface area (Å²) in [5.74, 6) is -1.78. The number of hydrogen-bond acceptors (Lipinski definition) is 7. The molecule has 1 aromatic carbocycles. The largest absolute Gasteiger partial charge is 0.481 e. The summed E-state index contributed by atoms with van der Waals surface area (Å²) in [6, 6.07) is 5.90. The molecule has 4 atom stereocenters. The molecule has 2 unspecified atom stereocenters.